The Bertz CT molecular complexity index is 234. The number of carbonyl (C=O) groups is 1. The predicted octanol–water partition coefficient (Wildman–Crippen LogP) is 0.0698. The maximum Gasteiger partial charge on any atom is 0.317 e. The van der Waals surface area contributed by atoms with E-state index in [2.05, 4.69) is 0 Å². The molecule has 1 rings (SSSR count). The van der Waals surface area contributed by atoms with Crippen LogP contribution in [0.15, 0.2) is 0 Å². The van der Waals surface area contributed by atoms with E-state index in [1.807, 2.05) is 0 Å². The van der Waals surface area contributed by atoms with Crippen molar-refractivity contribution < 1.29 is 19.7 Å². The first-order valence-electron chi connectivity index (χ1n) is 4.32. The van der Waals surface area contributed by atoms with Crippen LogP contribution in [0.5, 0.6) is 0 Å². The zero-order valence-corrected chi connectivity index (χ0v) is 8.37. The van der Waals surface area contributed by atoms with Crippen LogP contribution in [0.4, 0.5) is 0 Å². The number of hydrogen-bond acceptors (Lipinski definition) is 4. The number of hydrogen-bond donors (Lipinski definition) is 2. The van der Waals surface area contributed by atoms with E-state index in [-0.39, 0.29) is 0 Å². The largest absolute Gasteiger partial charge is 0.456 e. The quantitative estimate of drug-likeness (QED) is 0.571. The summed E-state index contributed by atoms with van der Waals surface area (Å²) in [4.78, 5) is 11.4. The van der Waals surface area contributed by atoms with E-state index in [0.717, 1.165) is 0 Å². The van der Waals surface area contributed by atoms with Crippen LogP contribution in [-0.4, -0.2) is 34.0 Å². The first kappa shape index (κ1) is 10.5. The third kappa shape index (κ3) is 1.25. The molecule has 0 bridgehead atoms. The standard InChI is InChI=1S/C9H16O4/c1-5(10)9(4)6(11)8(2,3)13-7(9)12/h5-6,10-11H,1-4H3. The molecule has 1 heterocycles. The van der Waals surface area contributed by atoms with Crippen LogP contribution < -0.4 is 0 Å². The van der Waals surface area contributed by atoms with Crippen LogP contribution >= 0.6 is 0 Å². The average Bonchev–Trinajstić information content (AvgIpc) is 2.12. The molecule has 3 unspecified atom stereocenters. The van der Waals surface area contributed by atoms with Gasteiger partial charge in [-0.05, 0) is 27.7 Å². The molecule has 2 N–H and O–H groups in total. The first-order chi connectivity index (χ1) is 5.73. The van der Waals surface area contributed by atoms with Crippen molar-refractivity contribution in [3.63, 3.8) is 0 Å². The maximum atomic E-state index is 11.4. The Hall–Kier alpha value is -0.610. The molecule has 3 atom stereocenters. The molecule has 4 nitrogen and oxygen atoms in total. The monoisotopic (exact) mass is 188 g/mol. The summed E-state index contributed by atoms with van der Waals surface area (Å²) in [5, 5.41) is 19.2. The van der Waals surface area contributed by atoms with E-state index in [1.165, 1.54) is 13.8 Å². The molecule has 1 aliphatic rings. The number of ether oxygens (including phenoxy) is 1. The van der Waals surface area contributed by atoms with Gasteiger partial charge in [-0.25, -0.2) is 0 Å². The highest BCUT2D eigenvalue weighted by Gasteiger charge is 2.60. The topological polar surface area (TPSA) is 66.8 Å². The second kappa shape index (κ2) is 2.69. The van der Waals surface area contributed by atoms with Gasteiger partial charge < -0.3 is 14.9 Å². The van der Waals surface area contributed by atoms with Gasteiger partial charge in [0.2, 0.25) is 0 Å². The van der Waals surface area contributed by atoms with E-state index >= 15 is 0 Å². The summed E-state index contributed by atoms with van der Waals surface area (Å²) in [5.41, 5.74) is -2.12. The van der Waals surface area contributed by atoms with Crippen molar-refractivity contribution in [1.29, 1.82) is 0 Å². The fourth-order valence-electron chi connectivity index (χ4n) is 1.64. The van der Waals surface area contributed by atoms with Crippen molar-refractivity contribution in [1.82, 2.24) is 0 Å². The van der Waals surface area contributed by atoms with E-state index in [0.29, 0.717) is 0 Å². The van der Waals surface area contributed by atoms with E-state index < -0.39 is 29.2 Å². The van der Waals surface area contributed by atoms with Crippen molar-refractivity contribution in [3.05, 3.63) is 0 Å². The van der Waals surface area contributed by atoms with Gasteiger partial charge in [0.1, 0.15) is 17.1 Å². The minimum Gasteiger partial charge on any atom is -0.456 e. The molecule has 0 saturated carbocycles. The fourth-order valence-corrected chi connectivity index (χ4v) is 1.64. The average molecular weight is 188 g/mol. The van der Waals surface area contributed by atoms with Crippen LogP contribution in [0.3, 0.4) is 0 Å². The van der Waals surface area contributed by atoms with Crippen molar-refractivity contribution in [2.75, 3.05) is 0 Å². The third-order valence-corrected chi connectivity index (χ3v) is 2.89. The van der Waals surface area contributed by atoms with Gasteiger partial charge in [-0.15, -0.1) is 0 Å². The maximum absolute atomic E-state index is 11.4. The number of esters is 1. The SMILES string of the molecule is CC(O)C1(C)C(=O)OC(C)(C)C1O. The Balaban J connectivity index is 3.07. The summed E-state index contributed by atoms with van der Waals surface area (Å²) in [5.74, 6) is -0.542. The van der Waals surface area contributed by atoms with Crippen molar-refractivity contribution >= 4 is 5.97 Å². The van der Waals surface area contributed by atoms with Gasteiger partial charge in [-0.2, -0.15) is 0 Å². The highest BCUT2D eigenvalue weighted by molar-refractivity contribution is 5.81. The molecule has 0 aliphatic carbocycles. The van der Waals surface area contributed by atoms with Gasteiger partial charge in [0.05, 0.1) is 6.10 Å². The normalized spacial score (nSPS) is 40.2. The summed E-state index contributed by atoms with van der Waals surface area (Å²) in [7, 11) is 0. The predicted molar refractivity (Wildman–Crippen MR) is 46.0 cm³/mol. The van der Waals surface area contributed by atoms with Gasteiger partial charge >= 0.3 is 5.97 Å². The van der Waals surface area contributed by atoms with Gasteiger partial charge in [0, 0.05) is 0 Å². The second-order valence-electron chi connectivity index (χ2n) is 4.35. The van der Waals surface area contributed by atoms with Crippen LogP contribution in [0, 0.1) is 5.41 Å². The molecule has 0 amide bonds. The summed E-state index contributed by atoms with van der Waals surface area (Å²) in [6.45, 7) is 6.25. The summed E-state index contributed by atoms with van der Waals surface area (Å²) in [6.07, 6.45) is -1.90. The first-order valence-corrected chi connectivity index (χ1v) is 4.32. The fraction of sp³-hybridized carbons (Fsp3) is 0.889. The molecule has 4 heteroatoms. The zero-order chi connectivity index (χ0) is 10.4. The lowest BCUT2D eigenvalue weighted by Crippen LogP contribution is -2.47. The summed E-state index contributed by atoms with van der Waals surface area (Å²) in [6, 6.07) is 0. The Morgan fingerprint density at radius 2 is 1.92 bits per heavy atom. The highest BCUT2D eigenvalue weighted by atomic mass is 16.6. The molecule has 0 aromatic carbocycles. The van der Waals surface area contributed by atoms with Gasteiger partial charge in [0.15, 0.2) is 0 Å². The molecule has 0 radical (unpaired) electrons. The summed E-state index contributed by atoms with van der Waals surface area (Å²) >= 11 is 0. The van der Waals surface area contributed by atoms with E-state index in [4.69, 9.17) is 4.74 Å². The number of carbonyl (C=O) groups excluding carboxylic acids is 1. The van der Waals surface area contributed by atoms with E-state index in [9.17, 15) is 15.0 Å². The molecule has 0 aromatic rings. The Kier molecular flexibility index (Phi) is 2.16. The zero-order valence-electron chi connectivity index (χ0n) is 8.37. The minimum atomic E-state index is -1.20. The Morgan fingerprint density at radius 1 is 1.46 bits per heavy atom. The minimum absolute atomic E-state index is 0.542. The van der Waals surface area contributed by atoms with Crippen LogP contribution in [0.25, 0.3) is 0 Å². The van der Waals surface area contributed by atoms with Crippen LogP contribution in [0.1, 0.15) is 27.7 Å². The molecule has 13 heavy (non-hydrogen) atoms. The molecular formula is C9H16O4. The number of aliphatic hydroxyl groups is 2. The van der Waals surface area contributed by atoms with Gasteiger partial charge in [-0.1, -0.05) is 0 Å². The van der Waals surface area contributed by atoms with Crippen LogP contribution in [0.2, 0.25) is 0 Å². The van der Waals surface area contributed by atoms with Gasteiger partial charge in [-0.3, -0.25) is 4.79 Å². The van der Waals surface area contributed by atoms with Gasteiger partial charge in [0.25, 0.3) is 0 Å². The number of aliphatic hydroxyl groups excluding tert-OH is 2. The molecule has 0 aromatic heterocycles. The van der Waals surface area contributed by atoms with E-state index in [1.54, 1.807) is 13.8 Å². The summed E-state index contributed by atoms with van der Waals surface area (Å²) < 4.78 is 4.99. The van der Waals surface area contributed by atoms with Crippen LogP contribution in [-0.2, 0) is 9.53 Å². The lowest BCUT2D eigenvalue weighted by molar-refractivity contribution is -0.155. The molecule has 1 fully saturated rings. The number of cyclic esters (lactones) is 1. The lowest BCUT2D eigenvalue weighted by atomic mass is 9.76. The Morgan fingerprint density at radius 3 is 2.08 bits per heavy atom. The highest BCUT2D eigenvalue weighted by Crippen LogP contribution is 2.42. The van der Waals surface area contributed by atoms with Crippen molar-refractivity contribution in [2.24, 2.45) is 5.41 Å². The lowest BCUT2D eigenvalue weighted by Gasteiger charge is -2.29. The molecular weight excluding hydrogens is 172 g/mol. The Labute approximate surface area is 77.5 Å². The smallest absolute Gasteiger partial charge is 0.317 e. The molecule has 1 saturated heterocycles. The third-order valence-electron chi connectivity index (χ3n) is 2.89. The molecule has 0 spiro atoms. The molecule has 76 valence electrons. The number of rotatable bonds is 1. The van der Waals surface area contributed by atoms with Crippen molar-refractivity contribution in [3.8, 4) is 0 Å². The molecule has 1 aliphatic heterocycles. The van der Waals surface area contributed by atoms with Crippen molar-refractivity contribution in [2.45, 2.75) is 45.5 Å². The second-order valence-corrected chi connectivity index (χ2v) is 4.35.